The molecule has 1 aliphatic heterocycles. The Labute approximate surface area is 169 Å². The van der Waals surface area contributed by atoms with Gasteiger partial charge in [0.1, 0.15) is 0 Å². The van der Waals surface area contributed by atoms with Gasteiger partial charge in [-0.05, 0) is 55.1 Å². The van der Waals surface area contributed by atoms with Gasteiger partial charge in [0.15, 0.2) is 0 Å². The average Bonchev–Trinajstić information content (AvgIpc) is 3.40. The van der Waals surface area contributed by atoms with Crippen LogP contribution in [0.3, 0.4) is 0 Å². The first-order valence-corrected chi connectivity index (χ1v) is 10.5. The third kappa shape index (κ3) is 5.03. The van der Waals surface area contributed by atoms with E-state index in [-0.39, 0.29) is 5.91 Å². The summed E-state index contributed by atoms with van der Waals surface area (Å²) in [5.41, 5.74) is 4.70. The van der Waals surface area contributed by atoms with Crippen molar-refractivity contribution in [1.29, 1.82) is 0 Å². The quantitative estimate of drug-likeness (QED) is 0.668. The maximum Gasteiger partial charge on any atom is 0.251 e. The molecule has 1 amide bonds. The monoisotopic (exact) mass is 392 g/mol. The van der Waals surface area contributed by atoms with E-state index in [0.29, 0.717) is 18.0 Å². The predicted molar refractivity (Wildman–Crippen MR) is 111 cm³/mol. The molecule has 4 rings (SSSR count). The minimum atomic E-state index is -0.0502. The summed E-state index contributed by atoms with van der Waals surface area (Å²) in [6.45, 7) is 3.68. The summed E-state index contributed by atoms with van der Waals surface area (Å²) in [6.07, 6.45) is 5.92. The van der Waals surface area contributed by atoms with E-state index in [2.05, 4.69) is 26.3 Å². The normalized spacial score (nSPS) is 16.9. The number of carbonyl (C=O) groups excluding carboxylic acids is 1. The van der Waals surface area contributed by atoms with Crippen LogP contribution in [-0.2, 0) is 19.5 Å². The second-order valence-electron chi connectivity index (χ2n) is 7.27. The van der Waals surface area contributed by atoms with Crippen molar-refractivity contribution in [2.45, 2.75) is 25.9 Å². The molecule has 3 aromatic rings. The van der Waals surface area contributed by atoms with Gasteiger partial charge in [-0.1, -0.05) is 18.2 Å². The van der Waals surface area contributed by atoms with E-state index in [0.717, 1.165) is 31.7 Å². The van der Waals surface area contributed by atoms with Crippen LogP contribution in [-0.4, -0.2) is 33.9 Å². The number of benzene rings is 1. The summed E-state index contributed by atoms with van der Waals surface area (Å²) in [4.78, 5) is 24.7. The number of likely N-dealkylation sites (tertiary alicyclic amines) is 1. The minimum absolute atomic E-state index is 0.0502. The van der Waals surface area contributed by atoms with E-state index in [1.54, 1.807) is 17.5 Å². The van der Waals surface area contributed by atoms with Crippen LogP contribution < -0.4 is 5.32 Å². The molecule has 1 N–H and O–H groups in total. The van der Waals surface area contributed by atoms with Gasteiger partial charge in [-0.2, -0.15) is 0 Å². The van der Waals surface area contributed by atoms with Crippen LogP contribution >= 0.6 is 11.3 Å². The van der Waals surface area contributed by atoms with Crippen LogP contribution in [0.2, 0.25) is 0 Å². The third-order valence-electron chi connectivity index (χ3n) is 5.10. The number of carbonyl (C=O) groups is 1. The Morgan fingerprint density at radius 2 is 2.21 bits per heavy atom. The average molecular weight is 393 g/mol. The fourth-order valence-electron chi connectivity index (χ4n) is 3.71. The minimum Gasteiger partial charge on any atom is -0.346 e. The summed E-state index contributed by atoms with van der Waals surface area (Å²) < 4.78 is 0. The number of aromatic nitrogens is 2. The highest BCUT2D eigenvalue weighted by atomic mass is 32.1. The van der Waals surface area contributed by atoms with Crippen LogP contribution in [0.5, 0.6) is 0 Å². The van der Waals surface area contributed by atoms with Gasteiger partial charge in [0.25, 0.3) is 5.91 Å². The number of nitrogens with one attached hydrogen (secondary N) is 1. The van der Waals surface area contributed by atoms with Gasteiger partial charge in [0.2, 0.25) is 0 Å². The van der Waals surface area contributed by atoms with Gasteiger partial charge in [0.05, 0.1) is 17.7 Å². The third-order valence-corrected chi connectivity index (χ3v) is 5.87. The highest BCUT2D eigenvalue weighted by molar-refractivity contribution is 7.09. The van der Waals surface area contributed by atoms with E-state index in [9.17, 15) is 4.79 Å². The summed E-state index contributed by atoms with van der Waals surface area (Å²) in [6, 6.07) is 13.7. The lowest BCUT2D eigenvalue weighted by atomic mass is 9.97. The molecule has 1 unspecified atom stereocenters. The van der Waals surface area contributed by atoms with Crippen LogP contribution in [0, 0.1) is 5.92 Å². The lowest BCUT2D eigenvalue weighted by molar-refractivity contribution is 0.0950. The summed E-state index contributed by atoms with van der Waals surface area (Å²) in [5.74, 6) is 0.588. The smallest absolute Gasteiger partial charge is 0.251 e. The largest absolute Gasteiger partial charge is 0.346 e. The second-order valence-corrected chi connectivity index (χ2v) is 8.24. The maximum atomic E-state index is 12.5. The number of nitrogens with zero attached hydrogens (tertiary/aromatic N) is 3. The molecule has 0 spiro atoms. The zero-order valence-electron chi connectivity index (χ0n) is 15.8. The molecule has 1 aliphatic rings. The predicted octanol–water partition coefficient (Wildman–Crippen LogP) is 3.53. The first-order valence-electron chi connectivity index (χ1n) is 9.63. The van der Waals surface area contributed by atoms with Crippen molar-refractivity contribution in [2.24, 2.45) is 5.92 Å². The van der Waals surface area contributed by atoms with E-state index < -0.39 is 0 Å². The number of hydrogen-bond acceptors (Lipinski definition) is 5. The lowest BCUT2D eigenvalue weighted by Gasteiger charge is -2.15. The maximum absolute atomic E-state index is 12.5. The van der Waals surface area contributed by atoms with Gasteiger partial charge in [0, 0.05) is 35.9 Å². The van der Waals surface area contributed by atoms with Crippen LogP contribution in [0.4, 0.5) is 0 Å². The Balaban J connectivity index is 1.30. The molecule has 0 aliphatic carbocycles. The van der Waals surface area contributed by atoms with Crippen molar-refractivity contribution < 1.29 is 4.79 Å². The van der Waals surface area contributed by atoms with Crippen molar-refractivity contribution in [3.8, 4) is 0 Å². The lowest BCUT2D eigenvalue weighted by Crippen LogP contribution is -2.23. The van der Waals surface area contributed by atoms with Crippen molar-refractivity contribution >= 4 is 17.2 Å². The Hall–Kier alpha value is -2.57. The van der Waals surface area contributed by atoms with E-state index in [1.807, 2.05) is 48.1 Å². The van der Waals surface area contributed by atoms with E-state index in [4.69, 9.17) is 0 Å². The SMILES string of the molecule is O=C(NCc1ccccn1)c1cccc(CC2CCN(Cc3cncs3)C2)c1. The molecule has 3 heterocycles. The first kappa shape index (κ1) is 18.8. The second kappa shape index (κ2) is 9.08. The zero-order chi connectivity index (χ0) is 19.2. The molecule has 5 nitrogen and oxygen atoms in total. The van der Waals surface area contributed by atoms with Gasteiger partial charge in [-0.25, -0.2) is 0 Å². The summed E-state index contributed by atoms with van der Waals surface area (Å²) in [7, 11) is 0. The molecule has 0 saturated carbocycles. The standard InChI is InChI=1S/C22H24N4OS/c27-22(25-12-20-6-1-2-8-24-20)19-5-3-4-17(11-19)10-18-7-9-26(14-18)15-21-13-23-16-28-21/h1-6,8,11,13,16,18H,7,9-10,12,14-15H2,(H,25,27). The number of thiazole rings is 1. The molecular formula is C22H24N4OS. The fraction of sp³-hybridized carbons (Fsp3) is 0.318. The molecule has 144 valence electrons. The van der Waals surface area contributed by atoms with Crippen molar-refractivity contribution in [1.82, 2.24) is 20.2 Å². The molecule has 2 aromatic heterocycles. The first-order chi connectivity index (χ1) is 13.8. The van der Waals surface area contributed by atoms with Crippen LogP contribution in [0.25, 0.3) is 0 Å². The van der Waals surface area contributed by atoms with E-state index >= 15 is 0 Å². The van der Waals surface area contributed by atoms with Crippen LogP contribution in [0.1, 0.15) is 32.9 Å². The molecule has 1 atom stereocenters. The zero-order valence-corrected chi connectivity index (χ0v) is 16.6. The molecule has 0 radical (unpaired) electrons. The summed E-state index contributed by atoms with van der Waals surface area (Å²) >= 11 is 1.72. The highest BCUT2D eigenvalue weighted by Gasteiger charge is 2.23. The van der Waals surface area contributed by atoms with Crippen molar-refractivity contribution in [3.63, 3.8) is 0 Å². The Morgan fingerprint density at radius 1 is 1.25 bits per heavy atom. The molecule has 6 heteroatoms. The van der Waals surface area contributed by atoms with E-state index in [1.165, 1.54) is 16.9 Å². The molecular weight excluding hydrogens is 368 g/mol. The van der Waals surface area contributed by atoms with Crippen molar-refractivity contribution in [2.75, 3.05) is 13.1 Å². The molecule has 0 bridgehead atoms. The molecule has 28 heavy (non-hydrogen) atoms. The summed E-state index contributed by atoms with van der Waals surface area (Å²) in [5, 5.41) is 2.95. The molecule has 1 fully saturated rings. The van der Waals surface area contributed by atoms with Crippen LogP contribution in [0.15, 0.2) is 60.4 Å². The number of hydrogen-bond donors (Lipinski definition) is 1. The van der Waals surface area contributed by atoms with Gasteiger partial charge in [-0.3, -0.25) is 19.7 Å². The van der Waals surface area contributed by atoms with Gasteiger partial charge < -0.3 is 5.32 Å². The fourth-order valence-corrected chi connectivity index (χ4v) is 4.35. The number of rotatable bonds is 7. The number of pyridine rings is 1. The highest BCUT2D eigenvalue weighted by Crippen LogP contribution is 2.23. The van der Waals surface area contributed by atoms with Crippen molar-refractivity contribution in [3.05, 3.63) is 82.1 Å². The molecule has 1 aromatic carbocycles. The molecule has 1 saturated heterocycles. The Bertz CT molecular complexity index is 898. The van der Waals surface area contributed by atoms with Gasteiger partial charge in [-0.15, -0.1) is 11.3 Å². The Morgan fingerprint density at radius 3 is 3.04 bits per heavy atom. The van der Waals surface area contributed by atoms with Gasteiger partial charge >= 0.3 is 0 Å². The topological polar surface area (TPSA) is 58.1 Å². The number of amides is 1. The Kier molecular flexibility index (Phi) is 6.09.